The summed E-state index contributed by atoms with van der Waals surface area (Å²) in [6.07, 6.45) is 3.66. The molecule has 2 aromatic rings. The van der Waals surface area contributed by atoms with Crippen molar-refractivity contribution < 1.29 is 9.90 Å². The minimum atomic E-state index is -1.01. The molecule has 0 aliphatic carbocycles. The Balaban J connectivity index is 2.09. The highest BCUT2D eigenvalue weighted by Gasteiger charge is 2.06. The first-order valence-corrected chi connectivity index (χ1v) is 7.66. The van der Waals surface area contributed by atoms with Crippen LogP contribution in [-0.2, 0) is 0 Å². The zero-order valence-corrected chi connectivity index (χ0v) is 12.8. The van der Waals surface area contributed by atoms with Crippen molar-refractivity contribution in [2.24, 2.45) is 5.10 Å². The minimum Gasteiger partial charge on any atom is -0.478 e. The van der Waals surface area contributed by atoms with Gasteiger partial charge in [0.1, 0.15) is 0 Å². The van der Waals surface area contributed by atoms with Gasteiger partial charge in [0.15, 0.2) is 0 Å². The summed E-state index contributed by atoms with van der Waals surface area (Å²) in [5, 5.41) is 13.4. The van der Waals surface area contributed by atoms with E-state index >= 15 is 0 Å². The van der Waals surface area contributed by atoms with Gasteiger partial charge in [-0.15, -0.1) is 11.8 Å². The number of carboxylic acids is 1. The summed E-state index contributed by atoms with van der Waals surface area (Å²) in [7, 11) is 0. The second-order valence-electron chi connectivity index (χ2n) is 4.14. The van der Waals surface area contributed by atoms with Crippen LogP contribution in [0.5, 0.6) is 0 Å². The van der Waals surface area contributed by atoms with Gasteiger partial charge in [0.25, 0.3) is 0 Å². The Bertz CT molecular complexity index is 672. The normalized spacial score (nSPS) is 10.8. The number of anilines is 1. The first-order chi connectivity index (χ1) is 10.1. The van der Waals surface area contributed by atoms with E-state index in [4.69, 9.17) is 16.7 Å². The SMILES string of the molecule is CSc1ccc(/C=N\Nc2cc(C(=O)O)ccc2Cl)cc1. The Labute approximate surface area is 131 Å². The number of thioether (sulfide) groups is 1. The van der Waals surface area contributed by atoms with Crippen molar-refractivity contribution in [1.29, 1.82) is 0 Å². The number of rotatable bonds is 5. The topological polar surface area (TPSA) is 61.7 Å². The maximum absolute atomic E-state index is 10.9. The molecular formula is C15H13ClN2O2S. The van der Waals surface area contributed by atoms with Gasteiger partial charge in [0.05, 0.1) is 22.5 Å². The van der Waals surface area contributed by atoms with E-state index in [0.717, 1.165) is 5.56 Å². The van der Waals surface area contributed by atoms with Crippen molar-refractivity contribution in [3.05, 3.63) is 58.6 Å². The third-order valence-corrected chi connectivity index (χ3v) is 3.80. The lowest BCUT2D eigenvalue weighted by atomic mass is 10.2. The first-order valence-electron chi connectivity index (χ1n) is 6.06. The summed E-state index contributed by atoms with van der Waals surface area (Å²) in [5.74, 6) is -1.01. The fraction of sp³-hybridized carbons (Fsp3) is 0.0667. The minimum absolute atomic E-state index is 0.154. The second kappa shape index (κ2) is 7.15. The van der Waals surface area contributed by atoms with E-state index in [0.29, 0.717) is 10.7 Å². The number of nitrogens with zero attached hydrogens (tertiary/aromatic N) is 1. The van der Waals surface area contributed by atoms with E-state index in [-0.39, 0.29) is 5.56 Å². The molecule has 0 bridgehead atoms. The standard InChI is InChI=1S/C15H13ClN2O2S/c1-21-12-5-2-10(3-6-12)9-17-18-14-8-11(15(19)20)4-7-13(14)16/h2-9,18H,1H3,(H,19,20)/b17-9-. The quantitative estimate of drug-likeness (QED) is 0.492. The molecule has 0 radical (unpaired) electrons. The van der Waals surface area contributed by atoms with Crippen molar-refractivity contribution in [2.75, 3.05) is 11.7 Å². The Morgan fingerprint density at radius 2 is 2.00 bits per heavy atom. The van der Waals surface area contributed by atoms with E-state index < -0.39 is 5.97 Å². The molecule has 108 valence electrons. The molecule has 0 unspecified atom stereocenters. The molecule has 0 saturated carbocycles. The van der Waals surface area contributed by atoms with E-state index in [1.54, 1.807) is 18.0 Å². The number of nitrogens with one attached hydrogen (secondary N) is 1. The molecule has 0 heterocycles. The van der Waals surface area contributed by atoms with Crippen molar-refractivity contribution in [1.82, 2.24) is 0 Å². The van der Waals surface area contributed by atoms with Crippen molar-refractivity contribution in [3.8, 4) is 0 Å². The number of benzene rings is 2. The predicted octanol–water partition coefficient (Wildman–Crippen LogP) is 4.21. The lowest BCUT2D eigenvalue weighted by Gasteiger charge is -2.04. The van der Waals surface area contributed by atoms with Gasteiger partial charge < -0.3 is 5.11 Å². The van der Waals surface area contributed by atoms with Crippen LogP contribution in [0.4, 0.5) is 5.69 Å². The van der Waals surface area contributed by atoms with E-state index in [1.807, 2.05) is 30.5 Å². The Kier molecular flexibility index (Phi) is 5.25. The van der Waals surface area contributed by atoms with Crippen LogP contribution in [0.2, 0.25) is 5.02 Å². The zero-order valence-electron chi connectivity index (χ0n) is 11.2. The van der Waals surface area contributed by atoms with Gasteiger partial charge in [0.2, 0.25) is 0 Å². The van der Waals surface area contributed by atoms with Gasteiger partial charge in [-0.2, -0.15) is 5.10 Å². The number of carbonyl (C=O) groups is 1. The van der Waals surface area contributed by atoms with Crippen LogP contribution in [0.25, 0.3) is 0 Å². The molecule has 2 aromatic carbocycles. The molecule has 4 nitrogen and oxygen atoms in total. The average Bonchev–Trinajstić information content (AvgIpc) is 2.49. The molecule has 0 spiro atoms. The summed E-state index contributed by atoms with van der Waals surface area (Å²) in [5.41, 5.74) is 4.30. The third-order valence-electron chi connectivity index (χ3n) is 2.73. The first kappa shape index (κ1) is 15.4. The molecule has 2 N–H and O–H groups in total. The van der Waals surface area contributed by atoms with Crippen LogP contribution < -0.4 is 5.43 Å². The van der Waals surface area contributed by atoms with Crippen LogP contribution >= 0.6 is 23.4 Å². The fourth-order valence-corrected chi connectivity index (χ4v) is 2.18. The molecule has 0 saturated heterocycles. The van der Waals surface area contributed by atoms with Gasteiger partial charge in [-0.1, -0.05) is 23.7 Å². The lowest BCUT2D eigenvalue weighted by molar-refractivity contribution is 0.0697. The van der Waals surface area contributed by atoms with E-state index in [2.05, 4.69) is 10.5 Å². The monoisotopic (exact) mass is 320 g/mol. The molecule has 0 aliphatic rings. The Morgan fingerprint density at radius 3 is 2.62 bits per heavy atom. The lowest BCUT2D eigenvalue weighted by Crippen LogP contribution is -1.98. The van der Waals surface area contributed by atoms with Gasteiger partial charge in [-0.05, 0) is 42.2 Å². The van der Waals surface area contributed by atoms with Crippen LogP contribution in [-0.4, -0.2) is 23.5 Å². The number of carboxylic acid groups (broad SMARTS) is 1. The van der Waals surface area contributed by atoms with Crippen molar-refractivity contribution >= 4 is 41.2 Å². The fourth-order valence-electron chi connectivity index (χ4n) is 1.61. The summed E-state index contributed by atoms with van der Waals surface area (Å²) < 4.78 is 0. The van der Waals surface area contributed by atoms with Gasteiger partial charge in [-0.25, -0.2) is 4.79 Å². The Morgan fingerprint density at radius 1 is 1.29 bits per heavy atom. The van der Waals surface area contributed by atoms with Crippen LogP contribution in [0, 0.1) is 0 Å². The summed E-state index contributed by atoms with van der Waals surface area (Å²) >= 11 is 7.66. The molecule has 0 fully saturated rings. The molecule has 6 heteroatoms. The number of aromatic carboxylic acids is 1. The highest BCUT2D eigenvalue weighted by molar-refractivity contribution is 7.98. The summed E-state index contributed by atoms with van der Waals surface area (Å²) in [6.45, 7) is 0. The number of halogens is 1. The number of hydrogen-bond donors (Lipinski definition) is 2. The Hall–Kier alpha value is -1.98. The molecule has 0 aromatic heterocycles. The number of hydrogen-bond acceptors (Lipinski definition) is 4. The molecule has 0 amide bonds. The summed E-state index contributed by atoms with van der Waals surface area (Å²) in [4.78, 5) is 12.1. The van der Waals surface area contributed by atoms with E-state index in [1.165, 1.54) is 23.1 Å². The molecular weight excluding hydrogens is 308 g/mol. The maximum Gasteiger partial charge on any atom is 0.335 e. The predicted molar refractivity (Wildman–Crippen MR) is 87.9 cm³/mol. The number of hydrazone groups is 1. The van der Waals surface area contributed by atoms with Crippen LogP contribution in [0.3, 0.4) is 0 Å². The molecule has 0 aliphatic heterocycles. The molecule has 2 rings (SSSR count). The largest absolute Gasteiger partial charge is 0.478 e. The molecule has 21 heavy (non-hydrogen) atoms. The van der Waals surface area contributed by atoms with Gasteiger partial charge in [0, 0.05) is 4.90 Å². The van der Waals surface area contributed by atoms with Crippen molar-refractivity contribution in [2.45, 2.75) is 4.90 Å². The maximum atomic E-state index is 10.9. The van der Waals surface area contributed by atoms with Crippen LogP contribution in [0.15, 0.2) is 52.5 Å². The third kappa shape index (κ3) is 4.24. The highest BCUT2D eigenvalue weighted by Crippen LogP contribution is 2.23. The second-order valence-corrected chi connectivity index (χ2v) is 5.43. The smallest absolute Gasteiger partial charge is 0.335 e. The summed E-state index contributed by atoms with van der Waals surface area (Å²) in [6, 6.07) is 12.3. The van der Waals surface area contributed by atoms with Crippen molar-refractivity contribution in [3.63, 3.8) is 0 Å². The molecule has 0 atom stereocenters. The van der Waals surface area contributed by atoms with E-state index in [9.17, 15) is 4.79 Å². The van der Waals surface area contributed by atoms with Crippen LogP contribution in [0.1, 0.15) is 15.9 Å². The average molecular weight is 321 g/mol. The van der Waals surface area contributed by atoms with Gasteiger partial charge >= 0.3 is 5.97 Å². The highest BCUT2D eigenvalue weighted by atomic mass is 35.5. The zero-order chi connectivity index (χ0) is 15.2. The van der Waals surface area contributed by atoms with Gasteiger partial charge in [-0.3, -0.25) is 5.43 Å².